The first kappa shape index (κ1) is 18.4. The van der Waals surface area contributed by atoms with E-state index in [2.05, 4.69) is 10.3 Å². The molecule has 3 aromatic rings. The van der Waals surface area contributed by atoms with Crippen molar-refractivity contribution in [2.24, 2.45) is 0 Å². The molecule has 1 fully saturated rings. The van der Waals surface area contributed by atoms with Crippen molar-refractivity contribution in [2.75, 3.05) is 6.61 Å². The number of aromatic nitrogens is 2. The predicted molar refractivity (Wildman–Crippen MR) is 113 cm³/mol. The average molecular weight is 425 g/mol. The Hall–Kier alpha value is -3.42. The van der Waals surface area contributed by atoms with Crippen molar-refractivity contribution in [1.82, 2.24) is 15.2 Å². The maximum Gasteiger partial charge on any atom is 0.303 e. The highest BCUT2D eigenvalue weighted by Crippen LogP contribution is 2.32. The van der Waals surface area contributed by atoms with Crippen LogP contribution in [-0.2, 0) is 11.3 Å². The fourth-order valence-electron chi connectivity index (χ4n) is 3.25. The molecule has 31 heavy (non-hydrogen) atoms. The summed E-state index contributed by atoms with van der Waals surface area (Å²) >= 11 is 0. The molecule has 1 amide bonds. The van der Waals surface area contributed by atoms with E-state index in [0.29, 0.717) is 48.2 Å². The minimum atomic E-state index is -2.10. The van der Waals surface area contributed by atoms with Crippen LogP contribution in [0.1, 0.15) is 57.2 Å². The summed E-state index contributed by atoms with van der Waals surface area (Å²) in [5.74, 6) is -0.885. The molecule has 1 aliphatic rings. The summed E-state index contributed by atoms with van der Waals surface area (Å²) in [6, 6.07) is 11.4. The summed E-state index contributed by atoms with van der Waals surface area (Å²) in [4.78, 5) is 25.3. The van der Waals surface area contributed by atoms with E-state index in [0.717, 1.165) is 12.8 Å². The van der Waals surface area contributed by atoms with E-state index in [1.807, 2.05) is 0 Å². The van der Waals surface area contributed by atoms with Crippen LogP contribution >= 0.6 is 0 Å². The van der Waals surface area contributed by atoms with Crippen LogP contribution in [-0.4, -0.2) is 44.8 Å². The quantitative estimate of drug-likeness (QED) is 0.462. The minimum absolute atomic E-state index is 0.119. The average Bonchev–Trinajstić information content (AvgIpc) is 3.50. The minimum Gasteiger partial charge on any atom is -0.493 e. The number of carbonyl (C=O) groups is 2. The normalized spacial score (nSPS) is 14.7. The molecule has 0 radical (unpaired) electrons. The number of carboxylic acids is 1. The number of hydrogen-bond acceptors (Lipinski definition) is 6. The number of nitrogens with zero attached hydrogens (tertiary/aromatic N) is 3. The second-order valence-corrected chi connectivity index (χ2v) is 7.53. The molecule has 8 heteroatoms. The first-order chi connectivity index (χ1) is 15.9. The molecule has 1 aliphatic carbocycles. The van der Waals surface area contributed by atoms with Crippen LogP contribution in [0, 0.1) is 0 Å². The Morgan fingerprint density at radius 3 is 2.74 bits per heavy atom. The Morgan fingerprint density at radius 2 is 1.94 bits per heavy atom. The fourth-order valence-corrected chi connectivity index (χ4v) is 3.25. The summed E-state index contributed by atoms with van der Waals surface area (Å²) in [6.45, 7) is -1.77. The second kappa shape index (κ2) is 9.59. The molecule has 0 unspecified atom stereocenters. The van der Waals surface area contributed by atoms with E-state index in [9.17, 15) is 9.59 Å². The number of hydrogen-bond donors (Lipinski definition) is 1. The summed E-state index contributed by atoms with van der Waals surface area (Å²) in [6.07, 6.45) is 3.50. The van der Waals surface area contributed by atoms with Gasteiger partial charge < -0.3 is 14.7 Å². The number of carbonyl (C=O) groups excluding carboxylic acids is 1. The van der Waals surface area contributed by atoms with Crippen LogP contribution in [0.3, 0.4) is 0 Å². The van der Waals surface area contributed by atoms with Crippen LogP contribution in [0.5, 0.6) is 5.75 Å². The van der Waals surface area contributed by atoms with E-state index in [1.54, 1.807) is 42.5 Å². The third-order valence-electron chi connectivity index (χ3n) is 5.05. The van der Waals surface area contributed by atoms with E-state index in [-0.39, 0.29) is 18.0 Å². The number of fused-ring (bicyclic) bond motifs is 1. The van der Waals surface area contributed by atoms with Crippen LogP contribution in [0.2, 0.25) is 0 Å². The molecule has 2 aromatic carbocycles. The Kier molecular flexibility index (Phi) is 5.68. The molecule has 4 rings (SSSR count). The van der Waals surface area contributed by atoms with Gasteiger partial charge in [0, 0.05) is 30.1 Å². The van der Waals surface area contributed by atoms with Gasteiger partial charge in [-0.1, -0.05) is 18.2 Å². The molecule has 162 valence electrons. The van der Waals surface area contributed by atoms with Gasteiger partial charge in [0.05, 0.1) is 9.35 Å². The zero-order valence-electron chi connectivity index (χ0n) is 19.0. The third kappa shape index (κ3) is 5.39. The lowest BCUT2D eigenvalue weighted by molar-refractivity contribution is -0.137. The lowest BCUT2D eigenvalue weighted by Gasteiger charge is -2.24. The number of amides is 1. The molecule has 0 saturated heterocycles. The Morgan fingerprint density at radius 1 is 1.13 bits per heavy atom. The zero-order valence-corrected chi connectivity index (χ0v) is 17.0. The van der Waals surface area contributed by atoms with Gasteiger partial charge >= 0.3 is 5.97 Å². The number of aliphatic carboxylic acids is 1. The molecular formula is C23H25N3O5. The van der Waals surface area contributed by atoms with Gasteiger partial charge in [0.25, 0.3) is 5.91 Å². The molecule has 1 N–H and O–H groups in total. The number of unbranched alkanes of at least 4 members (excludes halogenated alkanes) is 2. The molecule has 0 atom stereocenters. The van der Waals surface area contributed by atoms with Crippen molar-refractivity contribution >= 4 is 22.9 Å². The fraction of sp³-hybridized carbons (Fsp3) is 0.391. The van der Waals surface area contributed by atoms with Crippen molar-refractivity contribution in [3.05, 3.63) is 53.6 Å². The van der Waals surface area contributed by atoms with Crippen LogP contribution in [0.4, 0.5) is 0 Å². The smallest absolute Gasteiger partial charge is 0.303 e. The largest absolute Gasteiger partial charge is 0.493 e. The monoisotopic (exact) mass is 425 g/mol. The van der Waals surface area contributed by atoms with E-state index in [4.69, 9.17) is 17.2 Å². The van der Waals surface area contributed by atoms with Crippen molar-refractivity contribution in [1.29, 1.82) is 0 Å². The molecule has 0 aliphatic heterocycles. The molecule has 1 heterocycles. The van der Waals surface area contributed by atoms with Crippen LogP contribution in [0.25, 0.3) is 11.0 Å². The lowest BCUT2D eigenvalue weighted by Crippen LogP contribution is -2.32. The highest BCUT2D eigenvalue weighted by atomic mass is 16.6. The number of ether oxygens (including phenoxy) is 1. The Labute approximate surface area is 182 Å². The first-order valence-electron chi connectivity index (χ1n) is 11.4. The maximum absolute atomic E-state index is 13.4. The molecule has 1 saturated carbocycles. The van der Waals surface area contributed by atoms with Gasteiger partial charge in [0.1, 0.15) is 16.8 Å². The van der Waals surface area contributed by atoms with Crippen molar-refractivity contribution in [2.45, 2.75) is 51.1 Å². The number of carboxylic acid groups (broad SMARTS) is 1. The topological polar surface area (TPSA) is 106 Å². The van der Waals surface area contributed by atoms with E-state index >= 15 is 0 Å². The van der Waals surface area contributed by atoms with Crippen molar-refractivity contribution < 1.29 is 26.8 Å². The maximum atomic E-state index is 13.4. The lowest BCUT2D eigenvalue weighted by atomic mass is 10.1. The predicted octanol–water partition coefficient (Wildman–Crippen LogP) is 4.05. The Bertz CT molecular complexity index is 1150. The van der Waals surface area contributed by atoms with Gasteiger partial charge in [-0.15, -0.1) is 0 Å². The number of para-hydroxylation sites is 1. The molecule has 0 bridgehead atoms. The van der Waals surface area contributed by atoms with Gasteiger partial charge in [-0.2, -0.15) is 0 Å². The molecule has 0 spiro atoms. The second-order valence-electron chi connectivity index (χ2n) is 7.53. The van der Waals surface area contributed by atoms with Gasteiger partial charge in [-0.3, -0.25) is 9.59 Å². The van der Waals surface area contributed by atoms with Gasteiger partial charge in [0.15, 0.2) is 0 Å². The summed E-state index contributed by atoms with van der Waals surface area (Å²) in [7, 11) is 0. The van der Waals surface area contributed by atoms with E-state index in [1.165, 1.54) is 4.90 Å². The van der Waals surface area contributed by atoms with Crippen molar-refractivity contribution in [3.8, 4) is 5.75 Å². The number of benzene rings is 2. The summed E-state index contributed by atoms with van der Waals surface area (Å²) in [5, 5.41) is 16.2. The van der Waals surface area contributed by atoms with Crippen molar-refractivity contribution in [3.63, 3.8) is 0 Å². The van der Waals surface area contributed by atoms with Crippen LogP contribution in [0.15, 0.2) is 47.1 Å². The van der Waals surface area contributed by atoms with Gasteiger partial charge in [-0.25, -0.2) is 4.63 Å². The zero-order chi connectivity index (χ0) is 23.4. The summed E-state index contributed by atoms with van der Waals surface area (Å²) in [5.41, 5.74) is 1.55. The molecule has 1 aromatic heterocycles. The third-order valence-corrected chi connectivity index (χ3v) is 5.05. The molecule has 8 nitrogen and oxygen atoms in total. The highest BCUT2D eigenvalue weighted by molar-refractivity contribution is 5.97. The highest BCUT2D eigenvalue weighted by Gasteiger charge is 2.33. The standard InChI is InChI=1S/C23H25N3O5/c27-22(28)8-2-1-5-13-30-21-7-4-3-6-17(21)15-26(18-10-11-18)23(29)16-9-12-19-20(14-16)25-31-24-19/h3-4,6-7,9,12,14,18H,1-2,5,8,10-11,13,15H2,(H,27,28)/i15D2. The number of rotatable bonds is 11. The van der Waals surface area contributed by atoms with Crippen LogP contribution < -0.4 is 4.74 Å². The van der Waals surface area contributed by atoms with E-state index < -0.39 is 18.4 Å². The van der Waals surface area contributed by atoms with Gasteiger partial charge in [-0.05, 0) is 66.7 Å². The molecular weight excluding hydrogens is 398 g/mol. The Balaban J connectivity index is 1.53. The first-order valence-corrected chi connectivity index (χ1v) is 10.4. The SMILES string of the molecule is [2H]C([2H])(c1ccccc1OCCCCCC(=O)O)N(C(=O)c1ccc2nonc2c1)C1CC1. The summed E-state index contributed by atoms with van der Waals surface area (Å²) < 4.78 is 28.4. The van der Waals surface area contributed by atoms with Gasteiger partial charge in [0.2, 0.25) is 0 Å².